The van der Waals surface area contributed by atoms with Crippen LogP contribution >= 0.6 is 11.6 Å². The van der Waals surface area contributed by atoms with Crippen LogP contribution in [0.2, 0.25) is 0 Å². The highest BCUT2D eigenvalue weighted by molar-refractivity contribution is 6.28. The van der Waals surface area contributed by atoms with E-state index in [9.17, 15) is 4.79 Å². The Morgan fingerprint density at radius 3 is 2.64 bits per heavy atom. The molecule has 0 unspecified atom stereocenters. The number of amides is 1. The molecule has 0 fully saturated rings. The molecular weight excluding hydrogens is 298 g/mol. The third kappa shape index (κ3) is 4.90. The number of rotatable bonds is 6. The standard InChI is InChI=1S/C17H18ClN3O/c18-12-16(19)21-15-8-4-7-14(11-15)17(22)20-10-9-13-5-2-1-3-6-13/h1-8,11H,9-10,12H2,(H2,19,21)(H,20,22). The van der Waals surface area contributed by atoms with E-state index in [-0.39, 0.29) is 11.8 Å². The SMILES string of the molecule is NC(CCl)=Nc1cccc(C(=O)NCCc2ccccc2)c1. The molecule has 0 heterocycles. The maximum atomic E-state index is 12.1. The van der Waals surface area contributed by atoms with Gasteiger partial charge in [0.05, 0.1) is 11.6 Å². The van der Waals surface area contributed by atoms with Crippen LogP contribution in [0.25, 0.3) is 0 Å². The van der Waals surface area contributed by atoms with Crippen molar-refractivity contribution in [3.05, 3.63) is 65.7 Å². The van der Waals surface area contributed by atoms with Gasteiger partial charge in [0.25, 0.3) is 5.91 Å². The molecule has 0 aliphatic carbocycles. The normalized spacial score (nSPS) is 11.2. The number of benzene rings is 2. The molecule has 0 aliphatic rings. The number of carbonyl (C=O) groups is 1. The molecule has 2 aromatic rings. The van der Waals surface area contributed by atoms with Crippen LogP contribution in [0.4, 0.5) is 5.69 Å². The second kappa shape index (κ2) is 8.20. The van der Waals surface area contributed by atoms with E-state index in [0.29, 0.717) is 23.6 Å². The van der Waals surface area contributed by atoms with Crippen molar-refractivity contribution in [2.75, 3.05) is 12.4 Å². The fourth-order valence-corrected chi connectivity index (χ4v) is 2.04. The van der Waals surface area contributed by atoms with Crippen molar-refractivity contribution in [2.45, 2.75) is 6.42 Å². The average molecular weight is 316 g/mol. The van der Waals surface area contributed by atoms with Gasteiger partial charge in [0.1, 0.15) is 5.84 Å². The molecule has 0 aliphatic heterocycles. The molecule has 0 atom stereocenters. The lowest BCUT2D eigenvalue weighted by molar-refractivity contribution is 0.0954. The number of nitrogens with two attached hydrogens (primary N) is 1. The Kier molecular flexibility index (Phi) is 5.98. The third-order valence-corrected chi connectivity index (χ3v) is 3.33. The predicted octanol–water partition coefficient (Wildman–Crippen LogP) is 2.89. The number of nitrogens with zero attached hydrogens (tertiary/aromatic N) is 1. The lowest BCUT2D eigenvalue weighted by atomic mass is 10.1. The van der Waals surface area contributed by atoms with Gasteiger partial charge in [-0.05, 0) is 30.2 Å². The molecule has 1 amide bonds. The predicted molar refractivity (Wildman–Crippen MR) is 90.9 cm³/mol. The van der Waals surface area contributed by atoms with Crippen molar-refractivity contribution in [3.8, 4) is 0 Å². The van der Waals surface area contributed by atoms with E-state index in [1.54, 1.807) is 24.3 Å². The molecule has 0 aromatic heterocycles. The summed E-state index contributed by atoms with van der Waals surface area (Å²) >= 11 is 5.60. The van der Waals surface area contributed by atoms with Crippen molar-refractivity contribution in [1.29, 1.82) is 0 Å². The van der Waals surface area contributed by atoms with Gasteiger partial charge in [0, 0.05) is 12.1 Å². The Labute approximate surface area is 135 Å². The van der Waals surface area contributed by atoms with E-state index in [1.165, 1.54) is 5.56 Å². The van der Waals surface area contributed by atoms with Gasteiger partial charge in [-0.2, -0.15) is 0 Å². The first-order valence-corrected chi connectivity index (χ1v) is 7.53. The summed E-state index contributed by atoms with van der Waals surface area (Å²) in [4.78, 5) is 16.3. The zero-order valence-electron chi connectivity index (χ0n) is 12.1. The topological polar surface area (TPSA) is 67.5 Å². The Morgan fingerprint density at radius 2 is 1.91 bits per heavy atom. The molecule has 0 bridgehead atoms. The van der Waals surface area contributed by atoms with E-state index in [4.69, 9.17) is 17.3 Å². The molecule has 0 spiro atoms. The Bertz CT molecular complexity index is 656. The summed E-state index contributed by atoms with van der Waals surface area (Å²) in [5, 5.41) is 2.90. The van der Waals surface area contributed by atoms with Gasteiger partial charge in [0.15, 0.2) is 0 Å². The fraction of sp³-hybridized carbons (Fsp3) is 0.176. The van der Waals surface area contributed by atoms with Crippen molar-refractivity contribution in [1.82, 2.24) is 5.32 Å². The summed E-state index contributed by atoms with van der Waals surface area (Å²) in [5.41, 5.74) is 7.96. The maximum Gasteiger partial charge on any atom is 0.251 e. The van der Waals surface area contributed by atoms with E-state index in [2.05, 4.69) is 10.3 Å². The van der Waals surface area contributed by atoms with E-state index in [0.717, 1.165) is 6.42 Å². The maximum absolute atomic E-state index is 12.1. The van der Waals surface area contributed by atoms with Crippen molar-refractivity contribution in [3.63, 3.8) is 0 Å². The second-order valence-corrected chi connectivity index (χ2v) is 5.05. The zero-order valence-corrected chi connectivity index (χ0v) is 12.9. The summed E-state index contributed by atoms with van der Waals surface area (Å²) in [5.74, 6) is 0.355. The van der Waals surface area contributed by atoms with Crippen LogP contribution in [0, 0.1) is 0 Å². The minimum atomic E-state index is -0.127. The van der Waals surface area contributed by atoms with Crippen molar-refractivity contribution < 1.29 is 4.79 Å². The van der Waals surface area contributed by atoms with Gasteiger partial charge in [0.2, 0.25) is 0 Å². The lowest BCUT2D eigenvalue weighted by Crippen LogP contribution is -2.25. The molecule has 0 saturated carbocycles. The van der Waals surface area contributed by atoms with E-state index in [1.807, 2.05) is 30.3 Å². The Balaban J connectivity index is 1.93. The van der Waals surface area contributed by atoms with Crippen LogP contribution in [-0.2, 0) is 6.42 Å². The molecule has 0 radical (unpaired) electrons. The van der Waals surface area contributed by atoms with Crippen LogP contribution in [0.15, 0.2) is 59.6 Å². The molecule has 5 heteroatoms. The first-order valence-electron chi connectivity index (χ1n) is 7.00. The number of amidine groups is 1. The highest BCUT2D eigenvalue weighted by Crippen LogP contribution is 2.14. The molecule has 22 heavy (non-hydrogen) atoms. The number of nitrogens with one attached hydrogen (secondary N) is 1. The number of hydrogen-bond acceptors (Lipinski definition) is 2. The molecule has 2 rings (SSSR count). The minimum absolute atomic E-state index is 0.127. The summed E-state index contributed by atoms with van der Waals surface area (Å²) in [6.45, 7) is 0.583. The van der Waals surface area contributed by atoms with Gasteiger partial charge in [-0.25, -0.2) is 4.99 Å². The Hall–Kier alpha value is -2.33. The van der Waals surface area contributed by atoms with Crippen LogP contribution < -0.4 is 11.1 Å². The third-order valence-electron chi connectivity index (χ3n) is 3.06. The highest BCUT2D eigenvalue weighted by atomic mass is 35.5. The smallest absolute Gasteiger partial charge is 0.251 e. The van der Waals surface area contributed by atoms with Crippen LogP contribution in [0.3, 0.4) is 0 Å². The Morgan fingerprint density at radius 1 is 1.14 bits per heavy atom. The monoisotopic (exact) mass is 315 g/mol. The van der Waals surface area contributed by atoms with Gasteiger partial charge < -0.3 is 11.1 Å². The number of halogens is 1. The zero-order chi connectivity index (χ0) is 15.8. The average Bonchev–Trinajstić information content (AvgIpc) is 2.56. The number of hydrogen-bond donors (Lipinski definition) is 2. The lowest BCUT2D eigenvalue weighted by Gasteiger charge is -2.06. The van der Waals surface area contributed by atoms with Gasteiger partial charge >= 0.3 is 0 Å². The molecular formula is C17H18ClN3O. The summed E-state index contributed by atoms with van der Waals surface area (Å²) in [6.07, 6.45) is 0.795. The van der Waals surface area contributed by atoms with Crippen LogP contribution in [0.5, 0.6) is 0 Å². The summed E-state index contributed by atoms with van der Waals surface area (Å²) in [6, 6.07) is 17.0. The second-order valence-electron chi connectivity index (χ2n) is 4.78. The largest absolute Gasteiger partial charge is 0.386 e. The highest BCUT2D eigenvalue weighted by Gasteiger charge is 2.05. The van der Waals surface area contributed by atoms with Crippen LogP contribution in [-0.4, -0.2) is 24.2 Å². The first-order chi connectivity index (χ1) is 10.7. The quantitative estimate of drug-likeness (QED) is 0.489. The van der Waals surface area contributed by atoms with Gasteiger partial charge in [-0.15, -0.1) is 11.6 Å². The van der Waals surface area contributed by atoms with E-state index < -0.39 is 0 Å². The fourth-order valence-electron chi connectivity index (χ4n) is 1.98. The molecule has 3 N–H and O–H groups in total. The minimum Gasteiger partial charge on any atom is -0.386 e. The van der Waals surface area contributed by atoms with Crippen molar-refractivity contribution in [2.24, 2.45) is 10.7 Å². The van der Waals surface area contributed by atoms with Gasteiger partial charge in [-0.1, -0.05) is 36.4 Å². The number of aliphatic imine (C=N–C) groups is 1. The summed E-state index contributed by atoms with van der Waals surface area (Å²) < 4.78 is 0. The number of carbonyl (C=O) groups excluding carboxylic acids is 1. The van der Waals surface area contributed by atoms with Gasteiger partial charge in [-0.3, -0.25) is 4.79 Å². The molecule has 4 nitrogen and oxygen atoms in total. The molecule has 0 saturated heterocycles. The summed E-state index contributed by atoms with van der Waals surface area (Å²) in [7, 11) is 0. The van der Waals surface area contributed by atoms with E-state index >= 15 is 0 Å². The number of alkyl halides is 1. The van der Waals surface area contributed by atoms with Crippen LogP contribution in [0.1, 0.15) is 15.9 Å². The van der Waals surface area contributed by atoms with Crippen molar-refractivity contribution >= 4 is 29.0 Å². The molecule has 114 valence electrons. The molecule has 2 aromatic carbocycles. The first kappa shape index (κ1) is 16.0.